The molecule has 1 aliphatic heterocycles. The van der Waals surface area contributed by atoms with E-state index in [1.165, 1.54) is 12.1 Å². The molecule has 0 bridgehead atoms. The van der Waals surface area contributed by atoms with E-state index in [0.29, 0.717) is 35.5 Å². The number of ketones is 1. The van der Waals surface area contributed by atoms with Crippen LogP contribution >= 0.6 is 0 Å². The molecule has 4 rings (SSSR count). The van der Waals surface area contributed by atoms with Crippen molar-refractivity contribution in [2.24, 2.45) is 5.92 Å². The summed E-state index contributed by atoms with van der Waals surface area (Å²) >= 11 is 0. The Hall–Kier alpha value is -3.09. The molecule has 1 N–H and O–H groups in total. The highest BCUT2D eigenvalue weighted by molar-refractivity contribution is 5.99. The Labute approximate surface area is 205 Å². The number of Topliss-reactive ketones (excluding diaryl/α,β-unsaturated/α-hetero) is 1. The highest BCUT2D eigenvalue weighted by Crippen LogP contribution is 2.46. The maximum absolute atomic E-state index is 15.2. The number of rotatable bonds is 8. The topological polar surface area (TPSA) is 41.6 Å². The number of likely N-dealkylation sites (tertiary alicyclic amines) is 1. The molecule has 184 valence electrons. The average Bonchev–Trinajstić information content (AvgIpc) is 2.88. The van der Waals surface area contributed by atoms with Gasteiger partial charge in [-0.2, -0.15) is 0 Å². The van der Waals surface area contributed by atoms with Gasteiger partial charge in [0.05, 0.1) is 7.11 Å². The second-order valence-corrected chi connectivity index (χ2v) is 9.17. The Morgan fingerprint density at radius 3 is 2.46 bits per heavy atom. The monoisotopic (exact) mass is 478 g/mol. The summed E-state index contributed by atoms with van der Waals surface area (Å²) in [4.78, 5) is 16.3. The van der Waals surface area contributed by atoms with E-state index in [0.717, 1.165) is 18.7 Å². The van der Waals surface area contributed by atoms with Gasteiger partial charge < -0.3 is 15.0 Å². The van der Waals surface area contributed by atoms with E-state index in [9.17, 15) is 9.18 Å². The zero-order chi connectivity index (χ0) is 24.9. The normalized spacial score (nSPS) is 20.5. The first kappa shape index (κ1) is 25.0. The van der Waals surface area contributed by atoms with Crippen molar-refractivity contribution >= 4 is 5.78 Å². The Morgan fingerprint density at radius 1 is 1.00 bits per heavy atom. The summed E-state index contributed by atoms with van der Waals surface area (Å²) in [6, 6.07) is 18.8. The lowest BCUT2D eigenvalue weighted by molar-refractivity contribution is 0.0739. The van der Waals surface area contributed by atoms with Crippen molar-refractivity contribution in [3.05, 3.63) is 101 Å². The summed E-state index contributed by atoms with van der Waals surface area (Å²) in [6.45, 7) is 4.28. The summed E-state index contributed by atoms with van der Waals surface area (Å²) in [5.74, 6) is -1.26. The minimum absolute atomic E-state index is 0.0481. The van der Waals surface area contributed by atoms with E-state index >= 15 is 4.39 Å². The number of hydrogen-bond donors (Lipinski definition) is 1. The number of ether oxygens (including phenoxy) is 1. The van der Waals surface area contributed by atoms with Crippen LogP contribution in [0.15, 0.2) is 66.7 Å². The van der Waals surface area contributed by atoms with Crippen LogP contribution in [0.2, 0.25) is 0 Å². The number of hydrogen-bond acceptors (Lipinski definition) is 4. The van der Waals surface area contributed by atoms with Crippen LogP contribution in [0.3, 0.4) is 0 Å². The van der Waals surface area contributed by atoms with Crippen LogP contribution in [0, 0.1) is 24.5 Å². The molecule has 3 atom stereocenters. The number of halogens is 2. The summed E-state index contributed by atoms with van der Waals surface area (Å²) in [5.41, 5.74) is 2.36. The molecule has 4 nitrogen and oxygen atoms in total. The molecule has 0 unspecified atom stereocenters. The van der Waals surface area contributed by atoms with Crippen molar-refractivity contribution in [1.82, 2.24) is 10.2 Å². The molecule has 1 heterocycles. The second-order valence-electron chi connectivity index (χ2n) is 9.17. The number of benzene rings is 3. The van der Waals surface area contributed by atoms with Gasteiger partial charge in [-0.1, -0.05) is 42.5 Å². The SMILES string of the molecule is CNCCN1C[C@H](C(=O)c2cccc(OC)c2)[C@H](c2cccc(F)c2C)[C@@H](c2ccccc2F)C1. The lowest BCUT2D eigenvalue weighted by Crippen LogP contribution is -2.49. The van der Waals surface area contributed by atoms with Crippen LogP contribution in [0.5, 0.6) is 5.75 Å². The zero-order valence-corrected chi connectivity index (χ0v) is 20.4. The van der Waals surface area contributed by atoms with Crippen LogP contribution in [0.1, 0.15) is 38.9 Å². The van der Waals surface area contributed by atoms with Crippen molar-refractivity contribution in [1.29, 1.82) is 0 Å². The first-order valence-electron chi connectivity index (χ1n) is 12.0. The fraction of sp³-hybridized carbons (Fsp3) is 0.345. The number of carbonyl (C=O) groups is 1. The minimum atomic E-state index is -0.488. The van der Waals surface area contributed by atoms with Crippen LogP contribution in [0.25, 0.3) is 0 Å². The molecular formula is C29H32F2N2O2. The van der Waals surface area contributed by atoms with Crippen LogP contribution in [-0.4, -0.2) is 51.0 Å². The smallest absolute Gasteiger partial charge is 0.167 e. The predicted molar refractivity (Wildman–Crippen MR) is 134 cm³/mol. The molecule has 0 aliphatic carbocycles. The molecule has 3 aromatic rings. The fourth-order valence-electron chi connectivity index (χ4n) is 5.31. The van der Waals surface area contributed by atoms with E-state index in [2.05, 4.69) is 10.2 Å². The molecule has 0 radical (unpaired) electrons. The van der Waals surface area contributed by atoms with Crippen molar-refractivity contribution < 1.29 is 18.3 Å². The third kappa shape index (κ3) is 5.29. The second kappa shape index (κ2) is 11.1. The lowest BCUT2D eigenvalue weighted by Gasteiger charge is -2.44. The quantitative estimate of drug-likeness (QED) is 0.453. The number of carbonyl (C=O) groups excluding carboxylic acids is 1. The van der Waals surface area contributed by atoms with E-state index in [4.69, 9.17) is 4.74 Å². The minimum Gasteiger partial charge on any atom is -0.497 e. The summed E-state index contributed by atoms with van der Waals surface area (Å²) in [6.07, 6.45) is 0. The van der Waals surface area contributed by atoms with Gasteiger partial charge in [0.15, 0.2) is 5.78 Å². The van der Waals surface area contributed by atoms with Gasteiger partial charge in [0.25, 0.3) is 0 Å². The molecule has 0 saturated carbocycles. The molecular weight excluding hydrogens is 446 g/mol. The maximum atomic E-state index is 15.2. The Balaban J connectivity index is 1.87. The van der Waals surface area contributed by atoms with Gasteiger partial charge in [-0.25, -0.2) is 8.78 Å². The lowest BCUT2D eigenvalue weighted by atomic mass is 9.67. The van der Waals surface area contributed by atoms with Crippen molar-refractivity contribution in [3.8, 4) is 5.75 Å². The van der Waals surface area contributed by atoms with Gasteiger partial charge in [0.1, 0.15) is 17.4 Å². The van der Waals surface area contributed by atoms with Crippen molar-refractivity contribution in [3.63, 3.8) is 0 Å². The summed E-state index contributed by atoms with van der Waals surface area (Å²) < 4.78 is 35.3. The molecule has 0 aromatic heterocycles. The highest BCUT2D eigenvalue weighted by Gasteiger charge is 2.43. The van der Waals surface area contributed by atoms with Crippen LogP contribution < -0.4 is 10.1 Å². The van der Waals surface area contributed by atoms with Gasteiger partial charge in [0, 0.05) is 49.5 Å². The predicted octanol–water partition coefficient (Wildman–Crippen LogP) is 5.18. The van der Waals surface area contributed by atoms with Gasteiger partial charge in [-0.3, -0.25) is 4.79 Å². The van der Waals surface area contributed by atoms with Crippen molar-refractivity contribution in [2.75, 3.05) is 40.3 Å². The van der Waals surface area contributed by atoms with E-state index in [-0.39, 0.29) is 29.3 Å². The van der Waals surface area contributed by atoms with E-state index < -0.39 is 5.92 Å². The molecule has 0 amide bonds. The molecule has 3 aromatic carbocycles. The van der Waals surface area contributed by atoms with Crippen LogP contribution in [0.4, 0.5) is 8.78 Å². The standard InChI is InChI=1S/C29H32F2N2O2/c1-19-22(11-7-13-26(19)30)28-24(23-10-4-5-12-27(23)31)17-33(15-14-32-2)18-25(28)29(34)20-8-6-9-21(16-20)35-3/h4-13,16,24-25,28,32H,14-15,17-18H2,1-3H3/t24-,25+,28-/m1/s1. The van der Waals surface area contributed by atoms with Gasteiger partial charge in [0.2, 0.25) is 0 Å². The van der Waals surface area contributed by atoms with E-state index in [1.54, 1.807) is 56.5 Å². The van der Waals surface area contributed by atoms with Crippen molar-refractivity contribution in [2.45, 2.75) is 18.8 Å². The van der Waals surface area contributed by atoms with Gasteiger partial charge >= 0.3 is 0 Å². The Morgan fingerprint density at radius 2 is 1.71 bits per heavy atom. The van der Waals surface area contributed by atoms with E-state index in [1.807, 2.05) is 19.2 Å². The molecule has 1 saturated heterocycles. The third-order valence-corrected chi connectivity index (χ3v) is 7.12. The highest BCUT2D eigenvalue weighted by atomic mass is 19.1. The molecule has 35 heavy (non-hydrogen) atoms. The molecule has 1 aliphatic rings. The van der Waals surface area contributed by atoms with Gasteiger partial charge in [-0.15, -0.1) is 0 Å². The number of piperidine rings is 1. The van der Waals surface area contributed by atoms with Crippen LogP contribution in [-0.2, 0) is 0 Å². The largest absolute Gasteiger partial charge is 0.497 e. The molecule has 0 spiro atoms. The molecule has 1 fully saturated rings. The maximum Gasteiger partial charge on any atom is 0.167 e. The summed E-state index contributed by atoms with van der Waals surface area (Å²) in [7, 11) is 3.45. The first-order chi connectivity index (χ1) is 16.9. The van der Waals surface area contributed by atoms with Gasteiger partial charge in [-0.05, 0) is 54.9 Å². The number of nitrogens with one attached hydrogen (secondary N) is 1. The first-order valence-corrected chi connectivity index (χ1v) is 12.0. The zero-order valence-electron chi connectivity index (χ0n) is 20.4. The number of likely N-dealkylation sites (N-methyl/N-ethyl adjacent to an activating group) is 1. The average molecular weight is 479 g/mol. The third-order valence-electron chi connectivity index (χ3n) is 7.12. The fourth-order valence-corrected chi connectivity index (χ4v) is 5.31. The Kier molecular flexibility index (Phi) is 7.93. The Bertz CT molecular complexity index is 1180. The number of methoxy groups -OCH3 is 1. The molecule has 6 heteroatoms. The summed E-state index contributed by atoms with van der Waals surface area (Å²) in [5, 5.41) is 3.16. The number of nitrogens with zero attached hydrogens (tertiary/aromatic N) is 1.